The van der Waals surface area contributed by atoms with Gasteiger partial charge in [0.2, 0.25) is 0 Å². The second kappa shape index (κ2) is 4.62. The summed E-state index contributed by atoms with van der Waals surface area (Å²) in [5.74, 6) is 0.962. The summed E-state index contributed by atoms with van der Waals surface area (Å²) < 4.78 is 0. The van der Waals surface area contributed by atoms with Crippen molar-refractivity contribution in [2.24, 2.45) is 11.3 Å². The van der Waals surface area contributed by atoms with E-state index in [0.717, 1.165) is 25.3 Å². The van der Waals surface area contributed by atoms with Crippen molar-refractivity contribution < 1.29 is 0 Å². The number of nitriles is 1. The summed E-state index contributed by atoms with van der Waals surface area (Å²) in [6.45, 7) is 6.27. The second-order valence-corrected chi connectivity index (χ2v) is 4.75. The molecule has 0 atom stereocenters. The number of nitrogens with zero attached hydrogens (tertiary/aromatic N) is 1. The summed E-state index contributed by atoms with van der Waals surface area (Å²) in [6.07, 6.45) is 4.95. The van der Waals surface area contributed by atoms with Gasteiger partial charge in [0.15, 0.2) is 0 Å². The van der Waals surface area contributed by atoms with Crippen LogP contribution < -0.4 is 5.32 Å². The van der Waals surface area contributed by atoms with Gasteiger partial charge in [-0.15, -0.1) is 0 Å². The summed E-state index contributed by atoms with van der Waals surface area (Å²) in [4.78, 5) is 0. The molecule has 0 unspecified atom stereocenters. The molecule has 0 aliphatic heterocycles. The lowest BCUT2D eigenvalue weighted by Crippen LogP contribution is -2.20. The van der Waals surface area contributed by atoms with Gasteiger partial charge >= 0.3 is 0 Å². The molecule has 1 aliphatic carbocycles. The first-order valence-corrected chi connectivity index (χ1v) is 5.26. The molecule has 1 aliphatic rings. The minimum absolute atomic E-state index is 0.138. The molecule has 74 valence electrons. The fourth-order valence-electron chi connectivity index (χ4n) is 1.34. The van der Waals surface area contributed by atoms with Crippen molar-refractivity contribution in [1.29, 1.82) is 5.26 Å². The Hall–Kier alpha value is -0.550. The van der Waals surface area contributed by atoms with Crippen LogP contribution in [0.3, 0.4) is 0 Å². The van der Waals surface area contributed by atoms with E-state index in [1.54, 1.807) is 0 Å². The lowest BCUT2D eigenvalue weighted by atomic mass is 9.90. The van der Waals surface area contributed by atoms with Gasteiger partial charge in [-0.05, 0) is 58.5 Å². The van der Waals surface area contributed by atoms with Gasteiger partial charge in [0.25, 0.3) is 0 Å². The molecule has 0 spiro atoms. The molecule has 0 aromatic carbocycles. The molecule has 0 amide bonds. The van der Waals surface area contributed by atoms with Crippen molar-refractivity contribution in [2.45, 2.75) is 39.5 Å². The van der Waals surface area contributed by atoms with Gasteiger partial charge < -0.3 is 5.32 Å². The number of hydrogen-bond donors (Lipinski definition) is 1. The molecule has 0 bridgehead atoms. The van der Waals surface area contributed by atoms with Crippen molar-refractivity contribution >= 4 is 0 Å². The van der Waals surface area contributed by atoms with E-state index in [9.17, 15) is 0 Å². The monoisotopic (exact) mass is 180 g/mol. The van der Waals surface area contributed by atoms with Gasteiger partial charge in [-0.25, -0.2) is 0 Å². The minimum Gasteiger partial charge on any atom is -0.316 e. The number of rotatable bonds is 6. The van der Waals surface area contributed by atoms with E-state index in [-0.39, 0.29) is 5.41 Å². The van der Waals surface area contributed by atoms with Crippen LogP contribution in [0.15, 0.2) is 0 Å². The Morgan fingerprint density at radius 3 is 2.69 bits per heavy atom. The van der Waals surface area contributed by atoms with E-state index in [2.05, 4.69) is 11.4 Å². The average Bonchev–Trinajstić information content (AvgIpc) is 2.87. The Morgan fingerprint density at radius 2 is 2.15 bits per heavy atom. The standard InChI is InChI=1S/C11H20N2/c1-11(2,9-12)6-3-7-13-8-10-4-5-10/h10,13H,3-8H2,1-2H3. The van der Waals surface area contributed by atoms with Crippen LogP contribution in [0.4, 0.5) is 0 Å². The predicted octanol–water partition coefficient (Wildman–Crippen LogP) is 2.32. The molecule has 0 aromatic heterocycles. The van der Waals surface area contributed by atoms with Gasteiger partial charge in [0, 0.05) is 0 Å². The maximum absolute atomic E-state index is 8.78. The van der Waals surface area contributed by atoms with Gasteiger partial charge in [-0.3, -0.25) is 0 Å². The van der Waals surface area contributed by atoms with Crippen molar-refractivity contribution in [3.8, 4) is 6.07 Å². The van der Waals surface area contributed by atoms with E-state index in [4.69, 9.17) is 5.26 Å². The van der Waals surface area contributed by atoms with Crippen molar-refractivity contribution in [2.75, 3.05) is 13.1 Å². The highest BCUT2D eigenvalue weighted by atomic mass is 14.9. The highest BCUT2D eigenvalue weighted by Crippen LogP contribution is 2.27. The number of nitrogens with one attached hydrogen (secondary N) is 1. The van der Waals surface area contributed by atoms with Crippen molar-refractivity contribution in [1.82, 2.24) is 5.32 Å². The second-order valence-electron chi connectivity index (χ2n) is 4.75. The van der Waals surface area contributed by atoms with Crippen LogP contribution in [0.1, 0.15) is 39.5 Å². The largest absolute Gasteiger partial charge is 0.316 e. The van der Waals surface area contributed by atoms with Crippen molar-refractivity contribution in [3.63, 3.8) is 0 Å². The van der Waals surface area contributed by atoms with E-state index in [1.165, 1.54) is 19.4 Å². The molecular weight excluding hydrogens is 160 g/mol. The molecule has 0 aromatic rings. The molecule has 2 nitrogen and oxygen atoms in total. The fourth-order valence-corrected chi connectivity index (χ4v) is 1.34. The molecule has 1 saturated carbocycles. The topological polar surface area (TPSA) is 35.8 Å². The molecule has 0 heterocycles. The predicted molar refractivity (Wildman–Crippen MR) is 54.2 cm³/mol. The maximum atomic E-state index is 8.78. The van der Waals surface area contributed by atoms with Crippen LogP contribution >= 0.6 is 0 Å². The zero-order chi connectivity index (χ0) is 9.73. The minimum atomic E-state index is -0.138. The molecule has 1 rings (SSSR count). The Morgan fingerprint density at radius 1 is 1.46 bits per heavy atom. The smallest absolute Gasteiger partial charge is 0.0683 e. The molecule has 2 heteroatoms. The summed E-state index contributed by atoms with van der Waals surface area (Å²) in [6, 6.07) is 2.33. The highest BCUT2D eigenvalue weighted by molar-refractivity contribution is 4.91. The normalized spacial score (nSPS) is 17.0. The SMILES string of the molecule is CC(C)(C#N)CCCNCC1CC1. The summed E-state index contributed by atoms with van der Waals surface area (Å²) in [5, 5.41) is 12.2. The van der Waals surface area contributed by atoms with E-state index >= 15 is 0 Å². The highest BCUT2D eigenvalue weighted by Gasteiger charge is 2.20. The molecular formula is C11H20N2. The summed E-state index contributed by atoms with van der Waals surface area (Å²) in [5.41, 5.74) is -0.138. The Balaban J connectivity index is 1.91. The van der Waals surface area contributed by atoms with E-state index < -0.39 is 0 Å². The fraction of sp³-hybridized carbons (Fsp3) is 0.909. The summed E-state index contributed by atoms with van der Waals surface area (Å²) in [7, 11) is 0. The quantitative estimate of drug-likeness (QED) is 0.637. The summed E-state index contributed by atoms with van der Waals surface area (Å²) >= 11 is 0. The molecule has 13 heavy (non-hydrogen) atoms. The molecule has 0 saturated heterocycles. The van der Waals surface area contributed by atoms with Crippen LogP contribution in [0.25, 0.3) is 0 Å². The Kier molecular flexibility index (Phi) is 3.74. The Bertz CT molecular complexity index is 187. The number of hydrogen-bond acceptors (Lipinski definition) is 2. The molecule has 1 N–H and O–H groups in total. The third-order valence-electron chi connectivity index (χ3n) is 2.59. The molecule has 0 radical (unpaired) electrons. The van der Waals surface area contributed by atoms with E-state index in [1.807, 2.05) is 13.8 Å². The van der Waals surface area contributed by atoms with Gasteiger partial charge in [0.05, 0.1) is 11.5 Å². The van der Waals surface area contributed by atoms with Gasteiger partial charge in [-0.1, -0.05) is 0 Å². The third kappa shape index (κ3) is 4.90. The van der Waals surface area contributed by atoms with Crippen LogP contribution in [-0.4, -0.2) is 13.1 Å². The first kappa shape index (κ1) is 10.5. The van der Waals surface area contributed by atoms with Crippen molar-refractivity contribution in [3.05, 3.63) is 0 Å². The average molecular weight is 180 g/mol. The molecule has 1 fully saturated rings. The van der Waals surface area contributed by atoms with Crippen LogP contribution in [0.2, 0.25) is 0 Å². The van der Waals surface area contributed by atoms with E-state index in [0.29, 0.717) is 0 Å². The zero-order valence-electron chi connectivity index (χ0n) is 8.77. The van der Waals surface area contributed by atoms with Crippen LogP contribution in [0.5, 0.6) is 0 Å². The first-order chi connectivity index (χ1) is 6.14. The zero-order valence-corrected chi connectivity index (χ0v) is 8.77. The van der Waals surface area contributed by atoms with Gasteiger partial charge in [0.1, 0.15) is 0 Å². The van der Waals surface area contributed by atoms with Gasteiger partial charge in [-0.2, -0.15) is 5.26 Å². The lowest BCUT2D eigenvalue weighted by Gasteiger charge is -2.14. The maximum Gasteiger partial charge on any atom is 0.0683 e. The van der Waals surface area contributed by atoms with Crippen LogP contribution in [0, 0.1) is 22.7 Å². The Labute approximate surface area is 81.3 Å². The lowest BCUT2D eigenvalue weighted by molar-refractivity contribution is 0.424. The first-order valence-electron chi connectivity index (χ1n) is 5.26. The third-order valence-corrected chi connectivity index (χ3v) is 2.59. The van der Waals surface area contributed by atoms with Crippen LogP contribution in [-0.2, 0) is 0 Å².